The lowest BCUT2D eigenvalue weighted by atomic mass is 10.1. The Balaban J connectivity index is 1.75. The fraction of sp³-hybridized carbons (Fsp3) is 0.357. The van der Waals surface area contributed by atoms with Gasteiger partial charge in [-0.2, -0.15) is 0 Å². The fourth-order valence-electron chi connectivity index (χ4n) is 2.70. The molecule has 1 heterocycles. The number of aromatic nitrogens is 1. The Morgan fingerprint density at radius 1 is 1.43 bits per heavy atom. The van der Waals surface area contributed by atoms with E-state index in [0.717, 1.165) is 24.0 Å². The van der Waals surface area contributed by atoms with Crippen molar-refractivity contribution in [2.24, 2.45) is 0 Å². The van der Waals surface area contributed by atoms with Crippen LogP contribution in [0.3, 0.4) is 0 Å². The number of sulfonamides is 1. The van der Waals surface area contributed by atoms with Gasteiger partial charge >= 0.3 is 0 Å². The van der Waals surface area contributed by atoms with Crippen molar-refractivity contribution in [1.82, 2.24) is 9.88 Å². The van der Waals surface area contributed by atoms with Crippen LogP contribution in [0.15, 0.2) is 28.8 Å². The Morgan fingerprint density at radius 2 is 2.24 bits per heavy atom. The van der Waals surface area contributed by atoms with Crippen LogP contribution in [-0.4, -0.2) is 13.6 Å². The molecule has 0 saturated carbocycles. The van der Waals surface area contributed by atoms with Gasteiger partial charge in [0, 0.05) is 17.8 Å². The molecule has 2 aromatic rings. The molecule has 1 aromatic carbocycles. The van der Waals surface area contributed by atoms with Crippen molar-refractivity contribution >= 4 is 15.7 Å². The van der Waals surface area contributed by atoms with Gasteiger partial charge in [0.15, 0.2) is 0 Å². The maximum absolute atomic E-state index is 12.2. The van der Waals surface area contributed by atoms with E-state index in [2.05, 4.69) is 9.88 Å². The molecule has 21 heavy (non-hydrogen) atoms. The third-order valence-electron chi connectivity index (χ3n) is 3.58. The molecule has 0 fully saturated rings. The van der Waals surface area contributed by atoms with Gasteiger partial charge in [0.2, 0.25) is 10.0 Å². The summed E-state index contributed by atoms with van der Waals surface area (Å²) < 4.78 is 32.1. The third kappa shape index (κ3) is 3.08. The highest BCUT2D eigenvalue weighted by atomic mass is 32.2. The van der Waals surface area contributed by atoms with E-state index in [4.69, 9.17) is 10.3 Å². The molecule has 0 amide bonds. The molecule has 1 atom stereocenters. The van der Waals surface area contributed by atoms with Crippen LogP contribution in [0.4, 0.5) is 5.69 Å². The molecular formula is C14H17N3O3S. The average molecular weight is 307 g/mol. The number of nitrogens with zero attached hydrogens (tertiary/aromatic N) is 1. The number of hydrogen-bond donors (Lipinski definition) is 2. The second-order valence-corrected chi connectivity index (χ2v) is 7.11. The average Bonchev–Trinajstić information content (AvgIpc) is 2.95. The summed E-state index contributed by atoms with van der Waals surface area (Å²) in [5, 5.41) is 3.72. The summed E-state index contributed by atoms with van der Waals surface area (Å²) in [6, 6.07) is 7.03. The second kappa shape index (κ2) is 5.16. The molecule has 0 radical (unpaired) electrons. The first kappa shape index (κ1) is 14.1. The minimum atomic E-state index is -3.46. The molecule has 3 N–H and O–H groups in total. The largest absolute Gasteiger partial charge is 0.399 e. The zero-order chi connectivity index (χ0) is 15.0. The molecule has 6 nitrogen and oxygen atoms in total. The zero-order valence-electron chi connectivity index (χ0n) is 11.7. The smallest absolute Gasteiger partial charge is 0.218 e. The second-order valence-electron chi connectivity index (χ2n) is 5.36. The molecule has 112 valence electrons. The van der Waals surface area contributed by atoms with E-state index in [0.29, 0.717) is 17.1 Å². The third-order valence-corrected chi connectivity index (χ3v) is 4.90. The Labute approximate surface area is 123 Å². The van der Waals surface area contributed by atoms with Crippen LogP contribution in [0.1, 0.15) is 35.0 Å². The minimum absolute atomic E-state index is 0.175. The van der Waals surface area contributed by atoms with Crippen molar-refractivity contribution in [2.75, 3.05) is 5.73 Å². The number of nitrogens with two attached hydrogens (primary N) is 1. The van der Waals surface area contributed by atoms with E-state index in [1.165, 1.54) is 0 Å². The van der Waals surface area contributed by atoms with E-state index in [9.17, 15) is 8.42 Å². The van der Waals surface area contributed by atoms with Crippen molar-refractivity contribution in [2.45, 2.75) is 31.6 Å². The van der Waals surface area contributed by atoms with Crippen molar-refractivity contribution < 1.29 is 12.9 Å². The first-order valence-electron chi connectivity index (χ1n) is 6.73. The Morgan fingerprint density at radius 3 is 2.95 bits per heavy atom. The number of fused-ring (bicyclic) bond motifs is 1. The Kier molecular flexibility index (Phi) is 3.46. The SMILES string of the molecule is Cc1cc(CS(=O)(=O)NC2CCc3cc(N)ccc32)no1. The topological polar surface area (TPSA) is 98.2 Å². The molecule has 0 bridgehead atoms. The molecule has 7 heteroatoms. The summed E-state index contributed by atoms with van der Waals surface area (Å²) >= 11 is 0. The van der Waals surface area contributed by atoms with Crippen molar-refractivity contribution in [3.63, 3.8) is 0 Å². The van der Waals surface area contributed by atoms with E-state index in [1.807, 2.05) is 12.1 Å². The lowest BCUT2D eigenvalue weighted by molar-refractivity contribution is 0.392. The van der Waals surface area contributed by atoms with Crippen molar-refractivity contribution in [1.29, 1.82) is 0 Å². The summed E-state index contributed by atoms with van der Waals surface area (Å²) in [5.41, 5.74) is 8.98. The van der Waals surface area contributed by atoms with E-state index >= 15 is 0 Å². The van der Waals surface area contributed by atoms with Gasteiger partial charge in [-0.25, -0.2) is 13.1 Å². The quantitative estimate of drug-likeness (QED) is 0.837. The van der Waals surface area contributed by atoms with E-state index in [-0.39, 0.29) is 11.8 Å². The zero-order valence-corrected chi connectivity index (χ0v) is 12.5. The summed E-state index contributed by atoms with van der Waals surface area (Å²) in [6.45, 7) is 1.73. The predicted octanol–water partition coefficient (Wildman–Crippen LogP) is 1.67. The van der Waals surface area contributed by atoms with Crippen LogP contribution in [0, 0.1) is 6.92 Å². The van der Waals surface area contributed by atoms with Gasteiger partial charge < -0.3 is 10.3 Å². The molecular weight excluding hydrogens is 290 g/mol. The number of anilines is 1. The van der Waals surface area contributed by atoms with Gasteiger partial charge in [-0.1, -0.05) is 11.2 Å². The van der Waals surface area contributed by atoms with Crippen LogP contribution in [-0.2, 0) is 22.2 Å². The van der Waals surface area contributed by atoms with Gasteiger partial charge in [0.25, 0.3) is 0 Å². The molecule has 0 spiro atoms. The number of benzene rings is 1. The summed E-state index contributed by atoms with van der Waals surface area (Å²) in [7, 11) is -3.46. The Bertz CT molecular complexity index is 768. The molecule has 1 aliphatic rings. The first-order chi connectivity index (χ1) is 9.93. The molecule has 0 saturated heterocycles. The van der Waals surface area contributed by atoms with Crippen LogP contribution >= 0.6 is 0 Å². The normalized spacial score (nSPS) is 17.9. The van der Waals surface area contributed by atoms with Gasteiger partial charge in [0.1, 0.15) is 17.2 Å². The number of hydrogen-bond acceptors (Lipinski definition) is 5. The standard InChI is InChI=1S/C14H17N3O3S/c1-9-6-12(16-20-9)8-21(18,19)17-14-5-2-10-7-11(15)3-4-13(10)14/h3-4,6-7,14,17H,2,5,8,15H2,1H3. The van der Waals surface area contributed by atoms with Crippen molar-refractivity contribution in [3.8, 4) is 0 Å². The number of aryl methyl sites for hydroxylation is 2. The summed E-state index contributed by atoms with van der Waals surface area (Å²) in [6.07, 6.45) is 1.58. The molecule has 1 aromatic heterocycles. The number of nitrogens with one attached hydrogen (secondary N) is 1. The number of nitrogen functional groups attached to an aromatic ring is 1. The van der Waals surface area contributed by atoms with Crippen LogP contribution in [0.2, 0.25) is 0 Å². The maximum atomic E-state index is 12.2. The first-order valence-corrected chi connectivity index (χ1v) is 8.39. The minimum Gasteiger partial charge on any atom is -0.399 e. The van der Waals surface area contributed by atoms with Crippen LogP contribution in [0.5, 0.6) is 0 Å². The van der Waals surface area contributed by atoms with Gasteiger partial charge in [-0.3, -0.25) is 0 Å². The fourth-order valence-corrected chi connectivity index (χ4v) is 3.99. The van der Waals surface area contributed by atoms with Gasteiger partial charge in [0.05, 0.1) is 0 Å². The van der Waals surface area contributed by atoms with Gasteiger partial charge in [-0.15, -0.1) is 0 Å². The maximum Gasteiger partial charge on any atom is 0.218 e. The highest BCUT2D eigenvalue weighted by Crippen LogP contribution is 2.33. The molecule has 1 unspecified atom stereocenters. The van der Waals surface area contributed by atoms with Crippen molar-refractivity contribution in [3.05, 3.63) is 46.8 Å². The van der Waals surface area contributed by atoms with E-state index < -0.39 is 10.0 Å². The van der Waals surface area contributed by atoms with Crippen LogP contribution < -0.4 is 10.5 Å². The molecule has 1 aliphatic carbocycles. The number of rotatable bonds is 4. The summed E-state index contributed by atoms with van der Waals surface area (Å²) in [4.78, 5) is 0. The monoisotopic (exact) mass is 307 g/mol. The highest BCUT2D eigenvalue weighted by molar-refractivity contribution is 7.88. The van der Waals surface area contributed by atoms with Gasteiger partial charge in [-0.05, 0) is 43.0 Å². The lowest BCUT2D eigenvalue weighted by Gasteiger charge is -2.14. The lowest BCUT2D eigenvalue weighted by Crippen LogP contribution is -2.28. The summed E-state index contributed by atoms with van der Waals surface area (Å²) in [5.74, 6) is 0.424. The Hall–Kier alpha value is -1.86. The van der Waals surface area contributed by atoms with Crippen LogP contribution in [0.25, 0.3) is 0 Å². The predicted molar refractivity (Wildman–Crippen MR) is 78.9 cm³/mol. The molecule has 3 rings (SSSR count). The van der Waals surface area contributed by atoms with E-state index in [1.54, 1.807) is 19.1 Å². The molecule has 0 aliphatic heterocycles. The highest BCUT2D eigenvalue weighted by Gasteiger charge is 2.27.